The van der Waals surface area contributed by atoms with E-state index in [0.29, 0.717) is 29.7 Å². The van der Waals surface area contributed by atoms with E-state index in [-0.39, 0.29) is 5.92 Å². The van der Waals surface area contributed by atoms with Gasteiger partial charge < -0.3 is 9.80 Å². The number of hydrogen-bond donors (Lipinski definition) is 0. The molecule has 4 heterocycles. The highest BCUT2D eigenvalue weighted by Gasteiger charge is 2.40. The predicted molar refractivity (Wildman–Crippen MR) is 137 cm³/mol. The van der Waals surface area contributed by atoms with Crippen molar-refractivity contribution in [2.45, 2.75) is 103 Å². The average molecular weight is 468 g/mol. The van der Waals surface area contributed by atoms with Gasteiger partial charge >= 0.3 is 0 Å². The second kappa shape index (κ2) is 10.6. The van der Waals surface area contributed by atoms with Gasteiger partial charge in [0.15, 0.2) is 0 Å². The molecule has 0 spiro atoms. The molecule has 1 aromatic rings. The molecule has 6 nitrogen and oxygen atoms in total. The number of rotatable bonds is 7. The number of aromatic nitrogens is 2. The number of carbonyl (C=O) groups is 1. The van der Waals surface area contributed by atoms with E-state index in [0.717, 1.165) is 38.0 Å². The van der Waals surface area contributed by atoms with Gasteiger partial charge in [0.25, 0.3) is 0 Å². The molecular weight excluding hydrogens is 422 g/mol. The Labute approximate surface area is 206 Å². The standard InChI is InChI=1S/C28H45N5O/c1-4-31-18-25-9-10-26(19-31)33(25)28-29-16-23(17-30-28)22-11-13-32(14-12-22)24-7-5-21(6-8-24)15-27(34)20(2)3/h16-17,20-22,24-26H,4-15,18-19H2,1-3H3/t21-,24-,25?,26?. The molecular formula is C28H45N5O. The highest BCUT2D eigenvalue weighted by atomic mass is 16.1. The van der Waals surface area contributed by atoms with Crippen LogP contribution in [0.2, 0.25) is 0 Å². The minimum atomic E-state index is 0.191. The highest BCUT2D eigenvalue weighted by Crippen LogP contribution is 2.36. The van der Waals surface area contributed by atoms with Crippen molar-refractivity contribution in [1.82, 2.24) is 19.8 Å². The average Bonchev–Trinajstić information content (AvgIpc) is 3.13. The van der Waals surface area contributed by atoms with Crippen LogP contribution in [0.4, 0.5) is 5.95 Å². The van der Waals surface area contributed by atoms with E-state index in [9.17, 15) is 4.79 Å². The number of piperazine rings is 1. The van der Waals surface area contributed by atoms with Crippen molar-refractivity contribution in [3.63, 3.8) is 0 Å². The summed E-state index contributed by atoms with van der Waals surface area (Å²) >= 11 is 0. The number of Topliss-reactive ketones (excluding diaryl/α,β-unsaturated/α-hetero) is 1. The summed E-state index contributed by atoms with van der Waals surface area (Å²) in [6.07, 6.45) is 15.1. The molecule has 188 valence electrons. The Kier molecular flexibility index (Phi) is 7.55. The molecule has 4 aliphatic rings. The van der Waals surface area contributed by atoms with E-state index in [1.165, 1.54) is 70.0 Å². The van der Waals surface area contributed by atoms with Crippen LogP contribution in [0.5, 0.6) is 0 Å². The Balaban J connectivity index is 1.10. The summed E-state index contributed by atoms with van der Waals surface area (Å²) in [6, 6.07) is 1.90. The molecule has 0 radical (unpaired) electrons. The quantitative estimate of drug-likeness (QED) is 0.588. The summed E-state index contributed by atoms with van der Waals surface area (Å²) in [5.41, 5.74) is 1.33. The summed E-state index contributed by atoms with van der Waals surface area (Å²) in [5.74, 6) is 2.82. The van der Waals surface area contributed by atoms with Crippen LogP contribution in [0.1, 0.15) is 90.0 Å². The summed E-state index contributed by atoms with van der Waals surface area (Å²) in [4.78, 5) is 29.7. The van der Waals surface area contributed by atoms with Gasteiger partial charge in [-0.25, -0.2) is 9.97 Å². The van der Waals surface area contributed by atoms with Crippen LogP contribution in [0.15, 0.2) is 12.4 Å². The lowest BCUT2D eigenvalue weighted by atomic mass is 9.80. The maximum atomic E-state index is 12.1. The number of piperidine rings is 1. The maximum absolute atomic E-state index is 12.1. The zero-order valence-corrected chi connectivity index (χ0v) is 21.7. The van der Waals surface area contributed by atoms with Crippen molar-refractivity contribution in [1.29, 1.82) is 0 Å². The molecule has 0 N–H and O–H groups in total. The smallest absolute Gasteiger partial charge is 0.225 e. The van der Waals surface area contributed by atoms with Gasteiger partial charge in [0.2, 0.25) is 5.95 Å². The first-order chi connectivity index (χ1) is 16.5. The molecule has 1 aliphatic carbocycles. The third kappa shape index (κ3) is 5.18. The summed E-state index contributed by atoms with van der Waals surface area (Å²) in [7, 11) is 0. The fourth-order valence-corrected chi connectivity index (χ4v) is 7.08. The Bertz CT molecular complexity index is 797. The Hall–Kier alpha value is -1.53. The minimum Gasteiger partial charge on any atom is -0.332 e. The van der Waals surface area contributed by atoms with E-state index in [1.807, 2.05) is 13.8 Å². The number of anilines is 1. The molecule has 3 aliphatic heterocycles. The first kappa shape index (κ1) is 24.2. The number of hydrogen-bond acceptors (Lipinski definition) is 6. The SMILES string of the molecule is CCN1CC2CCC(C1)N2c1ncc(C2CCN([C@H]3CC[C@H](CC(=O)C(C)C)CC3)CC2)cn1. The van der Waals surface area contributed by atoms with E-state index in [2.05, 4.69) is 34.0 Å². The van der Waals surface area contributed by atoms with Gasteiger partial charge in [0.05, 0.1) is 0 Å². The van der Waals surface area contributed by atoms with Crippen LogP contribution in [0.25, 0.3) is 0 Å². The van der Waals surface area contributed by atoms with Gasteiger partial charge in [-0.05, 0) is 88.4 Å². The number of likely N-dealkylation sites (N-methyl/N-ethyl adjacent to an activating group) is 1. The lowest BCUT2D eigenvalue weighted by Gasteiger charge is -2.41. The van der Waals surface area contributed by atoms with Gasteiger partial charge in [-0.3, -0.25) is 9.69 Å². The van der Waals surface area contributed by atoms with Crippen LogP contribution in [0, 0.1) is 11.8 Å². The van der Waals surface area contributed by atoms with Gasteiger partial charge in [0, 0.05) is 55.9 Å². The van der Waals surface area contributed by atoms with E-state index in [4.69, 9.17) is 9.97 Å². The molecule has 34 heavy (non-hydrogen) atoms. The van der Waals surface area contributed by atoms with Crippen LogP contribution >= 0.6 is 0 Å². The van der Waals surface area contributed by atoms with Crippen LogP contribution < -0.4 is 4.90 Å². The first-order valence-electron chi connectivity index (χ1n) is 14.1. The predicted octanol–water partition coefficient (Wildman–Crippen LogP) is 4.50. The van der Waals surface area contributed by atoms with Crippen molar-refractivity contribution in [3.8, 4) is 0 Å². The van der Waals surface area contributed by atoms with Crippen molar-refractivity contribution < 1.29 is 4.79 Å². The third-order valence-corrected chi connectivity index (χ3v) is 9.36. The molecule has 0 aromatic carbocycles. The van der Waals surface area contributed by atoms with Crippen molar-refractivity contribution in [3.05, 3.63) is 18.0 Å². The Morgan fingerprint density at radius 2 is 1.50 bits per heavy atom. The highest BCUT2D eigenvalue weighted by molar-refractivity contribution is 5.80. The fraction of sp³-hybridized carbons (Fsp3) is 0.821. The number of carbonyl (C=O) groups excluding carboxylic acids is 1. The largest absolute Gasteiger partial charge is 0.332 e. The van der Waals surface area contributed by atoms with Gasteiger partial charge in [-0.15, -0.1) is 0 Å². The van der Waals surface area contributed by atoms with E-state index < -0.39 is 0 Å². The van der Waals surface area contributed by atoms with Crippen molar-refractivity contribution in [2.75, 3.05) is 37.6 Å². The summed E-state index contributed by atoms with van der Waals surface area (Å²) in [6.45, 7) is 12.2. The topological polar surface area (TPSA) is 52.6 Å². The Morgan fingerprint density at radius 3 is 2.06 bits per heavy atom. The summed E-state index contributed by atoms with van der Waals surface area (Å²) < 4.78 is 0. The molecule has 2 atom stereocenters. The molecule has 2 bridgehead atoms. The fourth-order valence-electron chi connectivity index (χ4n) is 7.08. The van der Waals surface area contributed by atoms with Crippen molar-refractivity contribution >= 4 is 11.7 Å². The molecule has 3 saturated heterocycles. The molecule has 1 saturated carbocycles. The number of likely N-dealkylation sites (tertiary alicyclic amines) is 2. The second-order valence-electron chi connectivity index (χ2n) is 11.8. The lowest BCUT2D eigenvalue weighted by molar-refractivity contribution is -0.123. The summed E-state index contributed by atoms with van der Waals surface area (Å²) in [5, 5.41) is 0. The Morgan fingerprint density at radius 1 is 0.912 bits per heavy atom. The lowest BCUT2D eigenvalue weighted by Crippen LogP contribution is -2.54. The van der Waals surface area contributed by atoms with Crippen LogP contribution in [-0.4, -0.2) is 76.4 Å². The third-order valence-electron chi connectivity index (χ3n) is 9.36. The van der Waals surface area contributed by atoms with Gasteiger partial charge in [-0.2, -0.15) is 0 Å². The molecule has 0 amide bonds. The molecule has 6 heteroatoms. The first-order valence-corrected chi connectivity index (χ1v) is 14.1. The van der Waals surface area contributed by atoms with E-state index >= 15 is 0 Å². The molecule has 4 fully saturated rings. The maximum Gasteiger partial charge on any atom is 0.225 e. The van der Waals surface area contributed by atoms with E-state index in [1.54, 1.807) is 0 Å². The zero-order valence-electron chi connectivity index (χ0n) is 21.7. The minimum absolute atomic E-state index is 0.191. The van der Waals surface area contributed by atoms with Gasteiger partial charge in [-0.1, -0.05) is 20.8 Å². The molecule has 2 unspecified atom stereocenters. The zero-order chi connectivity index (χ0) is 23.7. The monoisotopic (exact) mass is 467 g/mol. The number of ketones is 1. The second-order valence-corrected chi connectivity index (χ2v) is 11.8. The van der Waals surface area contributed by atoms with Crippen molar-refractivity contribution in [2.24, 2.45) is 11.8 Å². The molecule has 5 rings (SSSR count). The van der Waals surface area contributed by atoms with Crippen LogP contribution in [-0.2, 0) is 4.79 Å². The number of nitrogens with zero attached hydrogens (tertiary/aromatic N) is 5. The normalized spacial score (nSPS) is 31.4. The van der Waals surface area contributed by atoms with Gasteiger partial charge in [0.1, 0.15) is 5.78 Å². The van der Waals surface area contributed by atoms with Crippen LogP contribution in [0.3, 0.4) is 0 Å². The molecule has 1 aromatic heterocycles. The number of fused-ring (bicyclic) bond motifs is 2.